The molecule has 12 heteroatoms. The molecular formula is C24H32N2O10. The molecule has 198 valence electrons. The first-order chi connectivity index (χ1) is 17.0. The number of nitrogens with one attached hydrogen (secondary N) is 1. The molecule has 1 amide bonds. The Bertz CT molecular complexity index is 1050. The van der Waals surface area contributed by atoms with Gasteiger partial charge in [-0.1, -0.05) is 18.2 Å². The van der Waals surface area contributed by atoms with E-state index in [-0.39, 0.29) is 11.3 Å². The summed E-state index contributed by atoms with van der Waals surface area (Å²) in [5.41, 5.74) is 3.90. The lowest BCUT2D eigenvalue weighted by molar-refractivity contribution is -0.319. The molecule has 2 aromatic carbocycles. The number of ether oxygens (including phenoxy) is 2. The number of carbonyl (C=O) groups is 1. The van der Waals surface area contributed by atoms with E-state index in [1.165, 1.54) is 0 Å². The van der Waals surface area contributed by atoms with E-state index in [1.54, 1.807) is 49.4 Å². The molecule has 5 atom stereocenters. The lowest BCUT2D eigenvalue weighted by Gasteiger charge is -2.45. The zero-order valence-electron chi connectivity index (χ0n) is 19.6. The number of aryl methyl sites for hydroxylation is 1. The third kappa shape index (κ3) is 5.52. The van der Waals surface area contributed by atoms with E-state index in [2.05, 4.69) is 5.32 Å². The molecule has 1 saturated heterocycles. The Hall–Kier alpha value is -2.65. The van der Waals surface area contributed by atoms with Crippen LogP contribution in [0.3, 0.4) is 0 Å². The lowest BCUT2D eigenvalue weighted by Crippen LogP contribution is -2.72. The average Bonchev–Trinajstić information content (AvgIpc) is 2.88. The number of amides is 1. The molecule has 0 saturated carbocycles. The molecule has 0 bridgehead atoms. The van der Waals surface area contributed by atoms with Gasteiger partial charge in [0.1, 0.15) is 29.6 Å². The zero-order valence-corrected chi connectivity index (χ0v) is 19.6. The summed E-state index contributed by atoms with van der Waals surface area (Å²) in [5.74, 6) is -0.345. The predicted molar refractivity (Wildman–Crippen MR) is 126 cm³/mol. The average molecular weight is 509 g/mol. The summed E-state index contributed by atoms with van der Waals surface area (Å²) in [4.78, 5) is 12.7. The van der Waals surface area contributed by atoms with Gasteiger partial charge in [0.05, 0.1) is 26.4 Å². The molecule has 2 aromatic rings. The molecule has 0 unspecified atom stereocenters. The van der Waals surface area contributed by atoms with E-state index in [0.29, 0.717) is 16.7 Å². The first-order valence-corrected chi connectivity index (χ1v) is 11.2. The smallest absolute Gasteiger partial charge is 0.251 e. The van der Waals surface area contributed by atoms with Crippen LogP contribution in [-0.4, -0.2) is 104 Å². The van der Waals surface area contributed by atoms with Crippen molar-refractivity contribution >= 4 is 5.91 Å². The van der Waals surface area contributed by atoms with Crippen LogP contribution < -0.4 is 15.8 Å². The van der Waals surface area contributed by atoms with Gasteiger partial charge in [-0.15, -0.1) is 0 Å². The molecule has 1 aliphatic heterocycles. The maximum Gasteiger partial charge on any atom is 0.251 e. The first kappa shape index (κ1) is 27.9. The number of benzene rings is 2. The number of hydrogen-bond acceptors (Lipinski definition) is 11. The minimum absolute atomic E-state index is 0.233. The molecule has 0 aliphatic carbocycles. The fourth-order valence-electron chi connectivity index (χ4n) is 3.74. The first-order valence-electron chi connectivity index (χ1n) is 11.2. The standard InChI is InChI=1S/C24H32N2O10/c1-13-7-15(14-3-2-4-16(8-14)21(33)26-23(10-28,11-29)12-30)5-6-17(13)35-22-24(25,34)20(32)19(31)18(9-27)36-22/h2-8,18-20,22,27-32,34H,9-12,25H2,1H3,(H,26,33)/t18-,19-,20+,22+,24+/m1/s1. The molecule has 36 heavy (non-hydrogen) atoms. The van der Waals surface area contributed by atoms with Gasteiger partial charge in [0.2, 0.25) is 12.0 Å². The van der Waals surface area contributed by atoms with Crippen molar-refractivity contribution in [1.29, 1.82) is 0 Å². The maximum absolute atomic E-state index is 12.7. The Kier molecular flexibility index (Phi) is 8.67. The second kappa shape index (κ2) is 11.2. The van der Waals surface area contributed by atoms with Crippen LogP contribution in [0.25, 0.3) is 11.1 Å². The van der Waals surface area contributed by atoms with Gasteiger partial charge in [-0.05, 0) is 47.9 Å². The van der Waals surface area contributed by atoms with Crippen molar-refractivity contribution in [2.24, 2.45) is 5.73 Å². The second-order valence-electron chi connectivity index (χ2n) is 8.90. The third-order valence-corrected chi connectivity index (χ3v) is 6.19. The highest BCUT2D eigenvalue weighted by Crippen LogP contribution is 2.32. The SMILES string of the molecule is Cc1cc(-c2cccc(C(=O)NC(CO)(CO)CO)c2)ccc1O[C@H]1O[C@H](CO)[C@@H](O)[C@H](O)[C@]1(N)O. The van der Waals surface area contributed by atoms with Crippen LogP contribution in [0, 0.1) is 6.92 Å². The number of rotatable bonds is 9. The van der Waals surface area contributed by atoms with Crippen LogP contribution >= 0.6 is 0 Å². The maximum atomic E-state index is 12.7. The Labute approximate surface area is 207 Å². The van der Waals surface area contributed by atoms with Gasteiger partial charge in [0.25, 0.3) is 5.91 Å². The van der Waals surface area contributed by atoms with Crippen LogP contribution in [0.5, 0.6) is 5.75 Å². The summed E-state index contributed by atoms with van der Waals surface area (Å²) in [7, 11) is 0. The Morgan fingerprint density at radius 2 is 1.72 bits per heavy atom. The third-order valence-electron chi connectivity index (χ3n) is 6.19. The van der Waals surface area contributed by atoms with E-state index in [9.17, 15) is 40.5 Å². The van der Waals surface area contributed by atoms with Crippen LogP contribution in [0.4, 0.5) is 0 Å². The highest BCUT2D eigenvalue weighted by Gasteiger charge is 2.54. The van der Waals surface area contributed by atoms with Crippen molar-refractivity contribution in [3.05, 3.63) is 53.6 Å². The normalized spacial score (nSPS) is 26.5. The van der Waals surface area contributed by atoms with E-state index < -0.39 is 68.2 Å². The van der Waals surface area contributed by atoms with Crippen molar-refractivity contribution in [3.8, 4) is 16.9 Å². The minimum Gasteiger partial charge on any atom is -0.460 e. The van der Waals surface area contributed by atoms with Gasteiger partial charge in [0.15, 0.2) is 0 Å². The number of aliphatic hydroxyl groups is 7. The summed E-state index contributed by atoms with van der Waals surface area (Å²) >= 11 is 0. The number of carbonyl (C=O) groups excluding carboxylic acids is 1. The van der Waals surface area contributed by atoms with E-state index in [4.69, 9.17) is 15.2 Å². The van der Waals surface area contributed by atoms with E-state index in [0.717, 1.165) is 0 Å². The van der Waals surface area contributed by atoms with Crippen LogP contribution in [0.1, 0.15) is 15.9 Å². The summed E-state index contributed by atoms with van der Waals surface area (Å²) in [5, 5.41) is 70.7. The summed E-state index contributed by atoms with van der Waals surface area (Å²) in [6.07, 6.45) is -6.25. The van der Waals surface area contributed by atoms with Gasteiger partial charge < -0.3 is 50.5 Å². The monoisotopic (exact) mass is 508 g/mol. The number of nitrogens with two attached hydrogens (primary N) is 1. The Balaban J connectivity index is 1.81. The molecule has 1 aliphatic rings. The molecule has 1 fully saturated rings. The molecule has 0 spiro atoms. The predicted octanol–water partition coefficient (Wildman–Crippen LogP) is -2.43. The molecular weight excluding hydrogens is 476 g/mol. The fourth-order valence-corrected chi connectivity index (χ4v) is 3.74. The quantitative estimate of drug-likeness (QED) is 0.162. The Morgan fingerprint density at radius 1 is 1.08 bits per heavy atom. The van der Waals surface area contributed by atoms with Crippen LogP contribution in [0.15, 0.2) is 42.5 Å². The highest BCUT2D eigenvalue weighted by molar-refractivity contribution is 5.96. The van der Waals surface area contributed by atoms with Crippen molar-refractivity contribution in [2.75, 3.05) is 26.4 Å². The Morgan fingerprint density at radius 3 is 2.31 bits per heavy atom. The van der Waals surface area contributed by atoms with Crippen LogP contribution in [0.2, 0.25) is 0 Å². The fraction of sp³-hybridized carbons (Fsp3) is 0.458. The second-order valence-corrected chi connectivity index (χ2v) is 8.90. The van der Waals surface area contributed by atoms with Crippen molar-refractivity contribution in [2.45, 2.75) is 42.8 Å². The van der Waals surface area contributed by atoms with Crippen molar-refractivity contribution in [3.63, 3.8) is 0 Å². The number of aliphatic hydroxyl groups excluding tert-OH is 6. The van der Waals surface area contributed by atoms with Crippen LogP contribution in [-0.2, 0) is 4.74 Å². The summed E-state index contributed by atoms with van der Waals surface area (Å²) < 4.78 is 11.0. The van der Waals surface area contributed by atoms with E-state index in [1.807, 2.05) is 0 Å². The van der Waals surface area contributed by atoms with Crippen molar-refractivity contribution in [1.82, 2.24) is 5.32 Å². The van der Waals surface area contributed by atoms with Gasteiger partial charge in [-0.3, -0.25) is 10.5 Å². The topological polar surface area (TPSA) is 215 Å². The molecule has 0 radical (unpaired) electrons. The van der Waals surface area contributed by atoms with Gasteiger partial charge in [-0.2, -0.15) is 0 Å². The van der Waals surface area contributed by atoms with Gasteiger partial charge in [0, 0.05) is 5.56 Å². The molecule has 12 nitrogen and oxygen atoms in total. The molecule has 1 heterocycles. The van der Waals surface area contributed by atoms with Gasteiger partial charge in [-0.25, -0.2) is 0 Å². The lowest BCUT2D eigenvalue weighted by atomic mass is 9.94. The van der Waals surface area contributed by atoms with Gasteiger partial charge >= 0.3 is 0 Å². The minimum atomic E-state index is -2.45. The summed E-state index contributed by atoms with van der Waals surface area (Å²) in [6.45, 7) is -0.871. The summed E-state index contributed by atoms with van der Waals surface area (Å²) in [6, 6.07) is 11.5. The molecule has 0 aromatic heterocycles. The van der Waals surface area contributed by atoms with Crippen molar-refractivity contribution < 1.29 is 50.0 Å². The van der Waals surface area contributed by atoms with E-state index >= 15 is 0 Å². The number of hydrogen-bond donors (Lipinski definition) is 9. The zero-order chi connectivity index (χ0) is 26.7. The molecule has 3 rings (SSSR count). The largest absolute Gasteiger partial charge is 0.460 e. The highest BCUT2D eigenvalue weighted by atomic mass is 16.7. The molecule has 10 N–H and O–H groups in total.